The summed E-state index contributed by atoms with van der Waals surface area (Å²) in [5.41, 5.74) is 1.82. The van der Waals surface area contributed by atoms with Crippen molar-refractivity contribution in [3.63, 3.8) is 0 Å². The molecule has 2 aliphatic carbocycles. The van der Waals surface area contributed by atoms with E-state index in [2.05, 4.69) is 24.5 Å². The molecule has 1 spiro atoms. The van der Waals surface area contributed by atoms with Crippen LogP contribution in [-0.4, -0.2) is 38.4 Å². The largest absolute Gasteiger partial charge is 0.380 e. The summed E-state index contributed by atoms with van der Waals surface area (Å²) in [6, 6.07) is 5.51. The molecule has 1 aromatic rings. The molecule has 0 heterocycles. The molecule has 28 heavy (non-hydrogen) atoms. The van der Waals surface area contributed by atoms with Crippen molar-refractivity contribution in [2.75, 3.05) is 20.3 Å². The number of nitrogens with zero attached hydrogens (tertiary/aromatic N) is 1. The van der Waals surface area contributed by atoms with E-state index in [-0.39, 0.29) is 41.8 Å². The van der Waals surface area contributed by atoms with Gasteiger partial charge in [-0.3, -0.25) is 0 Å². The van der Waals surface area contributed by atoms with Crippen LogP contribution in [0.1, 0.15) is 50.7 Å². The van der Waals surface area contributed by atoms with Gasteiger partial charge in [0.15, 0.2) is 5.96 Å². The van der Waals surface area contributed by atoms with Crippen molar-refractivity contribution in [3.05, 3.63) is 35.1 Å². The molecule has 2 atom stereocenters. The summed E-state index contributed by atoms with van der Waals surface area (Å²) in [5, 5.41) is 6.95. The molecule has 5 nitrogen and oxygen atoms in total. The summed E-state index contributed by atoms with van der Waals surface area (Å²) in [4.78, 5) is 4.72. The van der Waals surface area contributed by atoms with Gasteiger partial charge in [-0.25, -0.2) is 9.38 Å². The molecule has 0 radical (unpaired) electrons. The van der Waals surface area contributed by atoms with E-state index < -0.39 is 0 Å². The van der Waals surface area contributed by atoms with Crippen molar-refractivity contribution >= 4 is 29.9 Å². The van der Waals surface area contributed by atoms with Crippen LogP contribution in [0, 0.1) is 11.2 Å². The average Bonchev–Trinajstić information content (AvgIpc) is 2.60. The lowest BCUT2D eigenvalue weighted by Gasteiger charge is -2.61. The Hall–Kier alpha value is -0.930. The normalized spacial score (nSPS) is 22.8. The first-order valence-corrected chi connectivity index (χ1v) is 10.1. The van der Waals surface area contributed by atoms with Gasteiger partial charge >= 0.3 is 0 Å². The van der Waals surface area contributed by atoms with Crippen molar-refractivity contribution in [2.45, 2.75) is 64.8 Å². The first kappa shape index (κ1) is 23.3. The molecular formula is C21H33FIN3O2. The number of aliphatic imine (C=N–C) groups is 1. The minimum Gasteiger partial charge on any atom is -0.380 e. The van der Waals surface area contributed by atoms with E-state index in [1.54, 1.807) is 13.2 Å². The molecule has 1 aromatic carbocycles. The van der Waals surface area contributed by atoms with E-state index in [9.17, 15) is 4.39 Å². The van der Waals surface area contributed by atoms with Gasteiger partial charge in [0.2, 0.25) is 0 Å². The second-order valence-electron chi connectivity index (χ2n) is 7.52. The van der Waals surface area contributed by atoms with Gasteiger partial charge in [0, 0.05) is 37.3 Å². The Bertz CT molecular complexity index is 667. The SMILES string of the molecule is CCNC(=NCc1ccc(F)c(COC)c1)NC1CC(OCC)C12CCC2.I. The molecule has 0 saturated heterocycles. The van der Waals surface area contributed by atoms with Crippen molar-refractivity contribution in [2.24, 2.45) is 10.4 Å². The Morgan fingerprint density at radius 3 is 2.71 bits per heavy atom. The minimum atomic E-state index is -0.238. The highest BCUT2D eigenvalue weighted by Gasteiger charge is 2.59. The Morgan fingerprint density at radius 2 is 2.11 bits per heavy atom. The van der Waals surface area contributed by atoms with Crippen LogP contribution in [0.5, 0.6) is 0 Å². The zero-order valence-corrected chi connectivity index (χ0v) is 19.4. The molecule has 0 amide bonds. The third-order valence-corrected chi connectivity index (χ3v) is 5.92. The van der Waals surface area contributed by atoms with Crippen molar-refractivity contribution in [1.82, 2.24) is 10.6 Å². The number of benzene rings is 1. The average molecular weight is 505 g/mol. The number of hydrogen-bond donors (Lipinski definition) is 2. The van der Waals surface area contributed by atoms with Gasteiger partial charge in [-0.1, -0.05) is 12.5 Å². The summed E-state index contributed by atoms with van der Waals surface area (Å²) < 4.78 is 24.8. The van der Waals surface area contributed by atoms with Crippen LogP contribution in [0.25, 0.3) is 0 Å². The van der Waals surface area contributed by atoms with E-state index >= 15 is 0 Å². The second-order valence-corrected chi connectivity index (χ2v) is 7.52. The second kappa shape index (κ2) is 10.7. The molecule has 2 N–H and O–H groups in total. The van der Waals surface area contributed by atoms with Gasteiger partial charge in [-0.15, -0.1) is 24.0 Å². The van der Waals surface area contributed by atoms with Crippen LogP contribution < -0.4 is 10.6 Å². The fraction of sp³-hybridized carbons (Fsp3) is 0.667. The topological polar surface area (TPSA) is 54.9 Å². The summed E-state index contributed by atoms with van der Waals surface area (Å²) in [5.74, 6) is 0.583. The number of rotatable bonds is 8. The molecule has 2 fully saturated rings. The number of nitrogens with one attached hydrogen (secondary N) is 2. The first-order valence-electron chi connectivity index (χ1n) is 10.1. The molecule has 7 heteroatoms. The van der Waals surface area contributed by atoms with E-state index in [1.807, 2.05) is 6.07 Å². The van der Waals surface area contributed by atoms with E-state index in [4.69, 9.17) is 14.5 Å². The lowest BCUT2D eigenvalue weighted by Crippen LogP contribution is -2.68. The lowest BCUT2D eigenvalue weighted by molar-refractivity contribution is -0.168. The predicted molar refractivity (Wildman–Crippen MR) is 121 cm³/mol. The molecule has 2 unspecified atom stereocenters. The number of ether oxygens (including phenoxy) is 2. The fourth-order valence-electron chi connectivity index (χ4n) is 4.29. The summed E-state index contributed by atoms with van der Waals surface area (Å²) in [6.45, 7) is 6.49. The van der Waals surface area contributed by atoms with Gasteiger partial charge < -0.3 is 20.1 Å². The number of methoxy groups -OCH3 is 1. The van der Waals surface area contributed by atoms with Crippen LogP contribution in [0.3, 0.4) is 0 Å². The van der Waals surface area contributed by atoms with Crippen molar-refractivity contribution in [1.29, 1.82) is 0 Å². The lowest BCUT2D eigenvalue weighted by atomic mass is 9.51. The van der Waals surface area contributed by atoms with Crippen LogP contribution in [0.15, 0.2) is 23.2 Å². The van der Waals surface area contributed by atoms with Crippen LogP contribution in [0.2, 0.25) is 0 Å². The first-order chi connectivity index (χ1) is 13.1. The van der Waals surface area contributed by atoms with Gasteiger partial charge in [-0.2, -0.15) is 0 Å². The monoisotopic (exact) mass is 505 g/mol. The maximum Gasteiger partial charge on any atom is 0.191 e. The molecule has 3 rings (SSSR count). The summed E-state index contributed by atoms with van der Waals surface area (Å²) in [6.07, 6.45) is 5.16. The Labute approximate surface area is 184 Å². The zero-order valence-electron chi connectivity index (χ0n) is 17.1. The Kier molecular flexibility index (Phi) is 8.95. The van der Waals surface area contributed by atoms with Crippen LogP contribution in [0.4, 0.5) is 4.39 Å². The van der Waals surface area contributed by atoms with Gasteiger partial charge in [0.25, 0.3) is 0 Å². The standard InChI is InChI=1S/C21H32FN3O2.HI/c1-4-23-20(24-13-15-7-8-17(22)16(11-15)14-26-3)25-18-12-19(27-5-2)21(18)9-6-10-21;/h7-8,11,18-19H,4-6,9-10,12-14H2,1-3H3,(H2,23,24,25);1H. The molecule has 0 bridgehead atoms. The third-order valence-electron chi connectivity index (χ3n) is 5.92. The number of halogens is 2. The van der Waals surface area contributed by atoms with Gasteiger partial charge in [0.05, 0.1) is 19.3 Å². The fourth-order valence-corrected chi connectivity index (χ4v) is 4.29. The molecule has 2 saturated carbocycles. The smallest absolute Gasteiger partial charge is 0.191 e. The highest BCUT2D eigenvalue weighted by Crippen LogP contribution is 2.57. The maximum atomic E-state index is 13.8. The van der Waals surface area contributed by atoms with Crippen molar-refractivity contribution < 1.29 is 13.9 Å². The van der Waals surface area contributed by atoms with E-state index in [0.29, 0.717) is 24.3 Å². The highest BCUT2D eigenvalue weighted by molar-refractivity contribution is 14.0. The van der Waals surface area contributed by atoms with Crippen LogP contribution in [-0.2, 0) is 22.6 Å². The molecule has 158 valence electrons. The van der Waals surface area contributed by atoms with Gasteiger partial charge in [0.1, 0.15) is 5.82 Å². The molecule has 2 aliphatic rings. The zero-order chi connectivity index (χ0) is 19.3. The van der Waals surface area contributed by atoms with Gasteiger partial charge in [-0.05, 0) is 50.8 Å². The number of guanidine groups is 1. The summed E-state index contributed by atoms with van der Waals surface area (Å²) in [7, 11) is 1.57. The minimum absolute atomic E-state index is 0. The number of hydrogen-bond acceptors (Lipinski definition) is 3. The molecular weight excluding hydrogens is 472 g/mol. The maximum absolute atomic E-state index is 13.8. The summed E-state index contributed by atoms with van der Waals surface area (Å²) >= 11 is 0. The predicted octanol–water partition coefficient (Wildman–Crippen LogP) is 3.99. The molecule has 0 aliphatic heterocycles. The quantitative estimate of drug-likeness (QED) is 0.319. The third kappa shape index (κ3) is 4.97. The van der Waals surface area contributed by atoms with Crippen molar-refractivity contribution in [3.8, 4) is 0 Å². The molecule has 0 aromatic heterocycles. The highest BCUT2D eigenvalue weighted by atomic mass is 127. The van der Waals surface area contributed by atoms with Crippen LogP contribution >= 0.6 is 24.0 Å². The Balaban J connectivity index is 0.00000280. The Morgan fingerprint density at radius 1 is 1.32 bits per heavy atom. The van der Waals surface area contributed by atoms with E-state index in [1.165, 1.54) is 25.3 Å². The van der Waals surface area contributed by atoms with E-state index in [0.717, 1.165) is 31.1 Å².